The maximum Gasteiger partial charge on any atom is 0.266 e. The summed E-state index contributed by atoms with van der Waals surface area (Å²) in [5.41, 5.74) is 3.70. The average Bonchev–Trinajstić information content (AvgIpc) is 2.67. The van der Waals surface area contributed by atoms with Crippen LogP contribution < -0.4 is 10.2 Å². The van der Waals surface area contributed by atoms with Gasteiger partial charge in [-0.3, -0.25) is 4.79 Å². The van der Waals surface area contributed by atoms with Crippen molar-refractivity contribution < 1.29 is 9.53 Å². The van der Waals surface area contributed by atoms with Crippen molar-refractivity contribution in [1.29, 1.82) is 5.26 Å². The van der Waals surface area contributed by atoms with Gasteiger partial charge in [-0.25, -0.2) is 0 Å². The number of hydrogen-bond acceptors (Lipinski definition) is 4. The second-order valence-electron chi connectivity index (χ2n) is 6.27. The first kappa shape index (κ1) is 19.2. The van der Waals surface area contributed by atoms with Gasteiger partial charge >= 0.3 is 0 Å². The number of hydrogen-bond donors (Lipinski definition) is 1. The number of benzene rings is 2. The van der Waals surface area contributed by atoms with Gasteiger partial charge in [-0.2, -0.15) is 5.26 Å². The van der Waals surface area contributed by atoms with E-state index in [2.05, 4.69) is 32.2 Å². The Hall–Kier alpha value is -2.62. The highest BCUT2D eigenvalue weighted by molar-refractivity contribution is 9.10. The molecule has 3 rings (SSSR count). The summed E-state index contributed by atoms with van der Waals surface area (Å²) in [4.78, 5) is 14.7. The third-order valence-electron chi connectivity index (χ3n) is 4.38. The molecule has 0 saturated carbocycles. The number of nitriles is 1. The Morgan fingerprint density at radius 2 is 2.04 bits per heavy atom. The zero-order chi connectivity index (χ0) is 19.2. The highest BCUT2D eigenvalue weighted by Gasteiger charge is 2.13. The van der Waals surface area contributed by atoms with Gasteiger partial charge in [0.25, 0.3) is 5.91 Å². The lowest BCUT2D eigenvalue weighted by atomic mass is 10.0. The van der Waals surface area contributed by atoms with Gasteiger partial charge in [-0.15, -0.1) is 0 Å². The zero-order valence-electron chi connectivity index (χ0n) is 15.0. The molecule has 1 aliphatic rings. The monoisotopic (exact) mass is 425 g/mol. The number of morpholine rings is 1. The first-order valence-electron chi connectivity index (χ1n) is 8.69. The van der Waals surface area contributed by atoms with E-state index in [1.54, 1.807) is 18.2 Å². The molecular formula is C21H20BrN3O2. The lowest BCUT2D eigenvalue weighted by Crippen LogP contribution is -2.36. The summed E-state index contributed by atoms with van der Waals surface area (Å²) >= 11 is 3.37. The van der Waals surface area contributed by atoms with Gasteiger partial charge in [0.1, 0.15) is 11.6 Å². The number of anilines is 2. The topological polar surface area (TPSA) is 65.4 Å². The molecule has 2 aromatic carbocycles. The fourth-order valence-corrected chi connectivity index (χ4v) is 3.31. The molecule has 1 amide bonds. The predicted molar refractivity (Wildman–Crippen MR) is 111 cm³/mol. The van der Waals surface area contributed by atoms with Gasteiger partial charge in [-0.1, -0.05) is 28.1 Å². The Morgan fingerprint density at radius 3 is 2.70 bits per heavy atom. The van der Waals surface area contributed by atoms with Crippen LogP contribution in [0.4, 0.5) is 11.4 Å². The summed E-state index contributed by atoms with van der Waals surface area (Å²) in [6.45, 7) is 5.18. The van der Waals surface area contributed by atoms with Crippen molar-refractivity contribution in [3.63, 3.8) is 0 Å². The Labute approximate surface area is 167 Å². The van der Waals surface area contributed by atoms with Crippen molar-refractivity contribution >= 4 is 39.3 Å². The molecule has 6 heteroatoms. The van der Waals surface area contributed by atoms with Crippen LogP contribution >= 0.6 is 15.9 Å². The van der Waals surface area contributed by atoms with E-state index in [0.29, 0.717) is 5.69 Å². The average molecular weight is 426 g/mol. The van der Waals surface area contributed by atoms with Crippen LogP contribution in [0.2, 0.25) is 0 Å². The maximum atomic E-state index is 12.4. The van der Waals surface area contributed by atoms with Crippen LogP contribution in [0, 0.1) is 18.3 Å². The minimum Gasteiger partial charge on any atom is -0.378 e. The van der Waals surface area contributed by atoms with Gasteiger partial charge in [0.2, 0.25) is 0 Å². The van der Waals surface area contributed by atoms with Crippen LogP contribution in [0.25, 0.3) is 6.08 Å². The molecule has 0 radical (unpaired) electrons. The van der Waals surface area contributed by atoms with Gasteiger partial charge in [0.05, 0.1) is 13.2 Å². The van der Waals surface area contributed by atoms with E-state index in [4.69, 9.17) is 4.74 Å². The molecule has 2 aromatic rings. The highest BCUT2D eigenvalue weighted by Crippen LogP contribution is 2.22. The predicted octanol–water partition coefficient (Wildman–Crippen LogP) is 4.14. The van der Waals surface area contributed by atoms with Gasteiger partial charge in [0, 0.05) is 28.9 Å². The maximum absolute atomic E-state index is 12.4. The molecule has 1 fully saturated rings. The molecular weight excluding hydrogens is 406 g/mol. The van der Waals surface area contributed by atoms with Gasteiger partial charge in [0.15, 0.2) is 0 Å². The van der Waals surface area contributed by atoms with Crippen molar-refractivity contribution in [2.75, 3.05) is 36.5 Å². The van der Waals surface area contributed by atoms with Gasteiger partial charge in [-0.05, 0) is 54.5 Å². The Balaban J connectivity index is 1.78. The number of ether oxygens (including phenoxy) is 1. The normalized spacial score (nSPS) is 14.6. The first-order chi connectivity index (χ1) is 13.1. The Bertz CT molecular complexity index is 912. The lowest BCUT2D eigenvalue weighted by Gasteiger charge is -2.29. The van der Waals surface area contributed by atoms with E-state index in [1.807, 2.05) is 37.3 Å². The third-order valence-corrected chi connectivity index (χ3v) is 4.87. The molecule has 0 bridgehead atoms. The van der Waals surface area contributed by atoms with E-state index in [9.17, 15) is 10.1 Å². The number of halogens is 1. The number of aryl methyl sites for hydroxylation is 1. The fourth-order valence-electron chi connectivity index (χ4n) is 2.91. The highest BCUT2D eigenvalue weighted by atomic mass is 79.9. The number of amides is 1. The van der Waals surface area contributed by atoms with Gasteiger partial charge < -0.3 is 15.0 Å². The van der Waals surface area contributed by atoms with Crippen LogP contribution in [-0.4, -0.2) is 32.2 Å². The van der Waals surface area contributed by atoms with Crippen LogP contribution in [-0.2, 0) is 9.53 Å². The van der Waals surface area contributed by atoms with Crippen LogP contribution in [0.1, 0.15) is 11.1 Å². The quantitative estimate of drug-likeness (QED) is 0.590. The zero-order valence-corrected chi connectivity index (χ0v) is 16.6. The summed E-state index contributed by atoms with van der Waals surface area (Å²) in [6.07, 6.45) is 1.63. The number of carbonyl (C=O) groups is 1. The molecule has 27 heavy (non-hydrogen) atoms. The van der Waals surface area contributed by atoms with Crippen molar-refractivity contribution in [2.24, 2.45) is 0 Å². The van der Waals surface area contributed by atoms with Crippen molar-refractivity contribution in [2.45, 2.75) is 6.92 Å². The number of carbonyl (C=O) groups excluding carboxylic acids is 1. The minimum absolute atomic E-state index is 0.0669. The molecule has 1 N–H and O–H groups in total. The second kappa shape index (κ2) is 8.85. The van der Waals surface area contributed by atoms with Crippen LogP contribution in [0.3, 0.4) is 0 Å². The Kier molecular flexibility index (Phi) is 6.28. The van der Waals surface area contributed by atoms with Crippen molar-refractivity contribution in [3.05, 3.63) is 63.6 Å². The third kappa shape index (κ3) is 4.97. The SMILES string of the molecule is Cc1cc(N2CCOCC2)ccc1/C=C(/C#N)C(=O)Nc1cccc(Br)c1. The number of nitrogens with zero attached hydrogens (tertiary/aromatic N) is 2. The second-order valence-corrected chi connectivity index (χ2v) is 7.19. The molecule has 5 nitrogen and oxygen atoms in total. The molecule has 0 unspecified atom stereocenters. The molecule has 1 heterocycles. The summed E-state index contributed by atoms with van der Waals surface area (Å²) in [5.74, 6) is -0.424. The molecule has 0 atom stereocenters. The number of rotatable bonds is 4. The van der Waals surface area contributed by atoms with Crippen LogP contribution in [0.5, 0.6) is 0 Å². The number of nitrogens with one attached hydrogen (secondary N) is 1. The molecule has 1 saturated heterocycles. The van der Waals surface area contributed by atoms with Crippen molar-refractivity contribution in [1.82, 2.24) is 0 Å². The summed E-state index contributed by atoms with van der Waals surface area (Å²) in [6, 6.07) is 15.3. The lowest BCUT2D eigenvalue weighted by molar-refractivity contribution is -0.112. The summed E-state index contributed by atoms with van der Waals surface area (Å²) in [7, 11) is 0. The minimum atomic E-state index is -0.424. The van der Waals surface area contributed by atoms with E-state index < -0.39 is 5.91 Å². The standard InChI is InChI=1S/C21H20BrN3O2/c1-15-11-20(25-7-9-27-10-8-25)6-5-16(15)12-17(14-23)21(26)24-19-4-2-3-18(22)13-19/h2-6,11-13H,7-10H2,1H3,(H,24,26)/b17-12-. The van der Waals surface area contributed by atoms with E-state index in [0.717, 1.165) is 47.6 Å². The molecule has 0 spiro atoms. The fraction of sp³-hybridized carbons (Fsp3) is 0.238. The summed E-state index contributed by atoms with van der Waals surface area (Å²) in [5, 5.41) is 12.2. The van der Waals surface area contributed by atoms with E-state index in [1.165, 1.54) is 0 Å². The van der Waals surface area contributed by atoms with E-state index in [-0.39, 0.29) is 5.57 Å². The van der Waals surface area contributed by atoms with Crippen LogP contribution in [0.15, 0.2) is 52.5 Å². The largest absolute Gasteiger partial charge is 0.378 e. The van der Waals surface area contributed by atoms with E-state index >= 15 is 0 Å². The smallest absolute Gasteiger partial charge is 0.266 e. The molecule has 138 valence electrons. The molecule has 0 aliphatic carbocycles. The molecule has 0 aromatic heterocycles. The summed E-state index contributed by atoms with van der Waals surface area (Å²) < 4.78 is 6.25. The molecule has 1 aliphatic heterocycles. The van der Waals surface area contributed by atoms with Crippen molar-refractivity contribution in [3.8, 4) is 6.07 Å². The Morgan fingerprint density at radius 1 is 1.26 bits per heavy atom. The first-order valence-corrected chi connectivity index (χ1v) is 9.48.